The van der Waals surface area contributed by atoms with E-state index in [0.29, 0.717) is 0 Å². The Morgan fingerprint density at radius 2 is 1.69 bits per heavy atom. The van der Waals surface area contributed by atoms with E-state index in [9.17, 15) is 27.6 Å². The van der Waals surface area contributed by atoms with Crippen molar-refractivity contribution in [3.05, 3.63) is 59.3 Å². The summed E-state index contributed by atoms with van der Waals surface area (Å²) in [7, 11) is 0. The van der Waals surface area contributed by atoms with Gasteiger partial charge in [0.15, 0.2) is 0 Å². The van der Waals surface area contributed by atoms with E-state index in [1.807, 2.05) is 0 Å². The van der Waals surface area contributed by atoms with Crippen LogP contribution in [0.5, 0.6) is 5.88 Å². The molecule has 0 spiro atoms. The third-order valence-corrected chi connectivity index (χ3v) is 4.73. The van der Waals surface area contributed by atoms with E-state index in [-0.39, 0.29) is 24.2 Å². The monoisotopic (exact) mass is 405 g/mol. The number of pyridine rings is 1. The number of benzene rings is 1. The van der Waals surface area contributed by atoms with E-state index in [4.69, 9.17) is 4.74 Å². The highest BCUT2D eigenvalue weighted by molar-refractivity contribution is 6.22. The van der Waals surface area contributed by atoms with Crippen molar-refractivity contribution in [1.29, 1.82) is 0 Å². The summed E-state index contributed by atoms with van der Waals surface area (Å²) in [6.45, 7) is -0.359. The number of amides is 3. The molecule has 1 aromatic carbocycles. The lowest BCUT2D eigenvalue weighted by molar-refractivity contribution is -0.145. The molecule has 3 heterocycles. The van der Waals surface area contributed by atoms with Crippen LogP contribution in [-0.4, -0.2) is 58.2 Å². The van der Waals surface area contributed by atoms with Crippen molar-refractivity contribution in [2.75, 3.05) is 19.6 Å². The number of halogens is 3. The quantitative estimate of drug-likeness (QED) is 0.727. The van der Waals surface area contributed by atoms with Crippen molar-refractivity contribution in [2.45, 2.75) is 12.3 Å². The third kappa shape index (κ3) is 3.41. The fraction of sp³-hybridized carbons (Fsp3) is 0.263. The van der Waals surface area contributed by atoms with Crippen LogP contribution in [-0.2, 0) is 11.0 Å². The van der Waals surface area contributed by atoms with Crippen LogP contribution in [0, 0.1) is 0 Å². The first kappa shape index (κ1) is 18.9. The van der Waals surface area contributed by atoms with E-state index in [0.717, 1.165) is 17.0 Å². The number of nitrogens with zero attached hydrogens (tertiary/aromatic N) is 3. The summed E-state index contributed by atoms with van der Waals surface area (Å²) >= 11 is 0. The number of likely N-dealkylation sites (tertiary alicyclic amines) is 1. The smallest absolute Gasteiger partial charge is 0.421 e. The normalized spacial score (nSPS) is 16.7. The van der Waals surface area contributed by atoms with E-state index in [1.54, 1.807) is 12.1 Å². The molecule has 1 fully saturated rings. The Hall–Kier alpha value is -3.43. The molecule has 0 saturated carbocycles. The number of rotatable bonds is 4. The Balaban J connectivity index is 1.35. The molecule has 29 heavy (non-hydrogen) atoms. The summed E-state index contributed by atoms with van der Waals surface area (Å²) in [5.74, 6) is -2.12. The van der Waals surface area contributed by atoms with Crippen molar-refractivity contribution in [3.8, 4) is 5.88 Å². The standard InChI is InChI=1S/C19H14F3N3O4/c20-19(21,22)14-6-3-7-23-16(14)29-11-8-24(9-11)15(26)10-25-17(27)12-4-1-2-5-13(12)18(25)28/h1-7,11H,8-10H2. The first-order valence-corrected chi connectivity index (χ1v) is 8.67. The summed E-state index contributed by atoms with van der Waals surface area (Å²) in [6.07, 6.45) is -4.07. The van der Waals surface area contributed by atoms with Crippen LogP contribution in [0.3, 0.4) is 0 Å². The Morgan fingerprint density at radius 3 is 2.28 bits per heavy atom. The average Bonchev–Trinajstić information content (AvgIpc) is 2.89. The molecule has 1 aromatic heterocycles. The van der Waals surface area contributed by atoms with Crippen LogP contribution in [0.15, 0.2) is 42.6 Å². The highest BCUT2D eigenvalue weighted by Crippen LogP contribution is 2.35. The number of alkyl halides is 3. The van der Waals surface area contributed by atoms with Crippen LogP contribution in [0.25, 0.3) is 0 Å². The fourth-order valence-electron chi connectivity index (χ4n) is 3.19. The summed E-state index contributed by atoms with van der Waals surface area (Å²) in [6, 6.07) is 8.30. The minimum Gasteiger partial charge on any atom is -0.470 e. The lowest BCUT2D eigenvalue weighted by Crippen LogP contribution is -2.58. The van der Waals surface area contributed by atoms with Crippen molar-refractivity contribution in [3.63, 3.8) is 0 Å². The summed E-state index contributed by atoms with van der Waals surface area (Å²) in [5, 5.41) is 0. The molecule has 2 aromatic rings. The summed E-state index contributed by atoms with van der Waals surface area (Å²) in [5.41, 5.74) is -0.509. The van der Waals surface area contributed by atoms with Gasteiger partial charge in [0.05, 0.1) is 24.2 Å². The van der Waals surface area contributed by atoms with E-state index >= 15 is 0 Å². The minimum absolute atomic E-state index is 0.0376. The van der Waals surface area contributed by atoms with Gasteiger partial charge in [-0.05, 0) is 24.3 Å². The molecular formula is C19H14F3N3O4. The van der Waals surface area contributed by atoms with Crippen molar-refractivity contribution in [1.82, 2.24) is 14.8 Å². The Kier molecular flexibility index (Phi) is 4.48. The first-order valence-electron chi connectivity index (χ1n) is 8.67. The molecule has 10 heteroatoms. The largest absolute Gasteiger partial charge is 0.470 e. The average molecular weight is 405 g/mol. The van der Waals surface area contributed by atoms with E-state index in [2.05, 4.69) is 4.98 Å². The van der Waals surface area contributed by atoms with Gasteiger partial charge in [-0.15, -0.1) is 0 Å². The molecule has 1 saturated heterocycles. The predicted octanol–water partition coefficient (Wildman–Crippen LogP) is 1.99. The molecule has 7 nitrogen and oxygen atoms in total. The van der Waals surface area contributed by atoms with Crippen molar-refractivity contribution < 1.29 is 32.3 Å². The second-order valence-electron chi connectivity index (χ2n) is 6.63. The maximum atomic E-state index is 13.0. The summed E-state index contributed by atoms with van der Waals surface area (Å²) < 4.78 is 44.2. The Morgan fingerprint density at radius 1 is 1.07 bits per heavy atom. The lowest BCUT2D eigenvalue weighted by Gasteiger charge is -2.39. The molecule has 0 bridgehead atoms. The van der Waals surface area contributed by atoms with Gasteiger partial charge in [0.25, 0.3) is 11.8 Å². The minimum atomic E-state index is -4.60. The van der Waals surface area contributed by atoms with Crippen molar-refractivity contribution >= 4 is 17.7 Å². The molecule has 0 unspecified atom stereocenters. The maximum Gasteiger partial charge on any atom is 0.421 e. The second-order valence-corrected chi connectivity index (χ2v) is 6.63. The molecule has 4 rings (SSSR count). The zero-order valence-corrected chi connectivity index (χ0v) is 14.8. The van der Waals surface area contributed by atoms with Crippen LogP contribution in [0.1, 0.15) is 26.3 Å². The molecule has 150 valence electrons. The van der Waals surface area contributed by atoms with E-state index in [1.165, 1.54) is 23.2 Å². The Bertz CT molecular complexity index is 967. The lowest BCUT2D eigenvalue weighted by atomic mass is 10.1. The highest BCUT2D eigenvalue weighted by Gasteiger charge is 2.41. The van der Waals surface area contributed by atoms with Gasteiger partial charge in [0, 0.05) is 6.20 Å². The molecule has 0 N–H and O–H groups in total. The van der Waals surface area contributed by atoms with Crippen LogP contribution >= 0.6 is 0 Å². The number of hydrogen-bond acceptors (Lipinski definition) is 5. The molecular weight excluding hydrogens is 391 g/mol. The zero-order valence-electron chi connectivity index (χ0n) is 14.8. The van der Waals surface area contributed by atoms with Gasteiger partial charge >= 0.3 is 6.18 Å². The van der Waals surface area contributed by atoms with Gasteiger partial charge in [0.1, 0.15) is 18.2 Å². The number of carbonyl (C=O) groups is 3. The zero-order chi connectivity index (χ0) is 20.8. The number of imide groups is 1. The van der Waals surface area contributed by atoms with Gasteiger partial charge in [0.2, 0.25) is 11.8 Å². The first-order chi connectivity index (χ1) is 13.8. The second kappa shape index (κ2) is 6.87. The van der Waals surface area contributed by atoms with Gasteiger partial charge in [-0.2, -0.15) is 13.2 Å². The highest BCUT2D eigenvalue weighted by atomic mass is 19.4. The van der Waals surface area contributed by atoms with Gasteiger partial charge < -0.3 is 9.64 Å². The third-order valence-electron chi connectivity index (χ3n) is 4.73. The fourth-order valence-corrected chi connectivity index (χ4v) is 3.19. The number of ether oxygens (including phenoxy) is 1. The van der Waals surface area contributed by atoms with Crippen LogP contribution in [0.4, 0.5) is 13.2 Å². The van der Waals surface area contributed by atoms with Crippen LogP contribution < -0.4 is 4.74 Å². The predicted molar refractivity (Wildman–Crippen MR) is 92.0 cm³/mol. The van der Waals surface area contributed by atoms with E-state index < -0.39 is 48.0 Å². The number of aromatic nitrogens is 1. The molecule has 0 aliphatic carbocycles. The molecule has 3 amide bonds. The molecule has 0 atom stereocenters. The molecule has 2 aliphatic heterocycles. The molecule has 0 radical (unpaired) electrons. The van der Waals surface area contributed by atoms with Gasteiger partial charge in [-0.25, -0.2) is 4.98 Å². The maximum absolute atomic E-state index is 13.0. The molecule has 2 aliphatic rings. The SMILES string of the molecule is O=C(CN1C(=O)c2ccccc2C1=O)N1CC(Oc2ncccc2C(F)(F)F)C1. The Labute approximate surface area is 162 Å². The number of carbonyl (C=O) groups excluding carboxylic acids is 3. The van der Waals surface area contributed by atoms with Gasteiger partial charge in [-0.1, -0.05) is 12.1 Å². The summed E-state index contributed by atoms with van der Waals surface area (Å²) in [4.78, 5) is 42.8. The number of fused-ring (bicyclic) bond motifs is 1. The van der Waals surface area contributed by atoms with Crippen LogP contribution in [0.2, 0.25) is 0 Å². The van der Waals surface area contributed by atoms with Gasteiger partial charge in [-0.3, -0.25) is 19.3 Å². The number of hydrogen-bond donors (Lipinski definition) is 0. The van der Waals surface area contributed by atoms with Crippen molar-refractivity contribution in [2.24, 2.45) is 0 Å². The topological polar surface area (TPSA) is 79.8 Å².